The first-order valence-electron chi connectivity index (χ1n) is 6.18. The number of benzene rings is 1. The summed E-state index contributed by atoms with van der Waals surface area (Å²) in [5.41, 5.74) is -0.0915. The first-order chi connectivity index (χ1) is 8.83. The van der Waals surface area contributed by atoms with Gasteiger partial charge in [-0.3, -0.25) is 0 Å². The molecule has 0 radical (unpaired) electrons. The quantitative estimate of drug-likeness (QED) is 0.893. The fraction of sp³-hybridized carbons (Fsp3) is 0.500. The zero-order valence-electron chi connectivity index (χ0n) is 11.1. The van der Waals surface area contributed by atoms with Gasteiger partial charge in [-0.2, -0.15) is 11.8 Å². The summed E-state index contributed by atoms with van der Waals surface area (Å²) in [4.78, 5) is 11.7. The van der Waals surface area contributed by atoms with Crippen LogP contribution in [0.15, 0.2) is 24.3 Å². The van der Waals surface area contributed by atoms with Crippen molar-refractivity contribution in [3.8, 4) is 0 Å². The van der Waals surface area contributed by atoms with Crippen LogP contribution in [0.1, 0.15) is 20.3 Å². The third-order valence-electron chi connectivity index (χ3n) is 3.26. The maximum atomic E-state index is 11.7. The van der Waals surface area contributed by atoms with E-state index in [1.54, 1.807) is 23.9 Å². The molecule has 19 heavy (non-hydrogen) atoms. The molecule has 1 heterocycles. The van der Waals surface area contributed by atoms with Crippen LogP contribution in [0.2, 0.25) is 5.02 Å². The smallest absolute Gasteiger partial charge is 0.330 e. The number of hydrogen-bond acceptors (Lipinski definition) is 3. The van der Waals surface area contributed by atoms with E-state index in [1.165, 1.54) is 0 Å². The van der Waals surface area contributed by atoms with E-state index in [0.29, 0.717) is 17.2 Å². The topological polar surface area (TPSA) is 49.3 Å². The minimum absolute atomic E-state index is 0.0146. The number of carboxylic acid groups (broad SMARTS) is 1. The van der Waals surface area contributed by atoms with Crippen molar-refractivity contribution in [2.24, 2.45) is 5.41 Å². The summed E-state index contributed by atoms with van der Waals surface area (Å²) in [6.07, 6.45) is 0.616. The number of rotatable bonds is 3. The van der Waals surface area contributed by atoms with Crippen LogP contribution >= 0.6 is 23.4 Å². The molecular weight excluding hydrogens is 282 g/mol. The van der Waals surface area contributed by atoms with Crippen LogP contribution in [0.5, 0.6) is 0 Å². The van der Waals surface area contributed by atoms with Crippen molar-refractivity contribution < 1.29 is 9.90 Å². The summed E-state index contributed by atoms with van der Waals surface area (Å²) in [7, 11) is 0. The Bertz CT molecular complexity index is 475. The minimum atomic E-state index is -0.903. The molecule has 1 atom stereocenters. The molecule has 5 heteroatoms. The second kappa shape index (κ2) is 5.25. The number of halogens is 1. The van der Waals surface area contributed by atoms with Gasteiger partial charge < -0.3 is 10.4 Å². The Kier molecular flexibility index (Phi) is 4.02. The van der Waals surface area contributed by atoms with E-state index in [2.05, 4.69) is 19.2 Å². The summed E-state index contributed by atoms with van der Waals surface area (Å²) in [6, 6.07) is 7.17. The van der Waals surface area contributed by atoms with Crippen LogP contribution < -0.4 is 5.32 Å². The summed E-state index contributed by atoms with van der Waals surface area (Å²) in [5, 5.41) is 13.5. The number of nitrogens with one attached hydrogen (secondary N) is 1. The molecule has 0 aliphatic carbocycles. The molecule has 2 N–H and O–H groups in total. The molecule has 0 aromatic heterocycles. The van der Waals surface area contributed by atoms with Gasteiger partial charge in [0, 0.05) is 16.5 Å². The molecule has 1 aromatic carbocycles. The summed E-state index contributed by atoms with van der Waals surface area (Å²) in [6.45, 7) is 4.22. The van der Waals surface area contributed by atoms with Gasteiger partial charge in [-0.15, -0.1) is 0 Å². The minimum Gasteiger partial charge on any atom is -0.479 e. The monoisotopic (exact) mass is 299 g/mol. The zero-order chi connectivity index (χ0) is 14.1. The molecule has 1 aliphatic heterocycles. The zero-order valence-corrected chi connectivity index (χ0v) is 12.6. The Balaban J connectivity index is 2.25. The van der Waals surface area contributed by atoms with Gasteiger partial charge in [-0.1, -0.05) is 25.4 Å². The number of anilines is 1. The maximum Gasteiger partial charge on any atom is 0.330 e. The third-order valence-corrected chi connectivity index (χ3v) is 5.19. The molecule has 3 nitrogen and oxygen atoms in total. The Morgan fingerprint density at radius 3 is 2.47 bits per heavy atom. The standard InChI is InChI=1S/C14H18ClNO2S/c1-13(2)7-14(12(17)18,9-19-8-13)16-11-5-3-10(15)4-6-11/h3-6,16H,7-9H2,1-2H3,(H,17,18). The fourth-order valence-electron chi connectivity index (χ4n) is 2.50. The molecule has 0 amide bonds. The first kappa shape index (κ1) is 14.5. The van der Waals surface area contributed by atoms with Gasteiger partial charge in [-0.25, -0.2) is 4.79 Å². The maximum absolute atomic E-state index is 11.7. The van der Waals surface area contributed by atoms with Gasteiger partial charge >= 0.3 is 5.97 Å². The van der Waals surface area contributed by atoms with Crippen molar-refractivity contribution in [2.75, 3.05) is 16.8 Å². The molecule has 0 spiro atoms. The van der Waals surface area contributed by atoms with E-state index in [1.807, 2.05) is 12.1 Å². The number of carboxylic acids is 1. The van der Waals surface area contributed by atoms with Gasteiger partial charge in [0.05, 0.1) is 0 Å². The largest absolute Gasteiger partial charge is 0.479 e. The normalized spacial score (nSPS) is 25.8. The van der Waals surface area contributed by atoms with E-state index >= 15 is 0 Å². The van der Waals surface area contributed by atoms with E-state index in [9.17, 15) is 9.90 Å². The lowest BCUT2D eigenvalue weighted by Gasteiger charge is -2.42. The fourth-order valence-corrected chi connectivity index (χ4v) is 4.03. The van der Waals surface area contributed by atoms with Crippen molar-refractivity contribution in [1.29, 1.82) is 0 Å². The molecule has 0 bridgehead atoms. The molecule has 2 rings (SSSR count). The number of thioether (sulfide) groups is 1. The average molecular weight is 300 g/mol. The first-order valence-corrected chi connectivity index (χ1v) is 7.71. The lowest BCUT2D eigenvalue weighted by molar-refractivity contribution is -0.142. The molecule has 1 aliphatic rings. The summed E-state index contributed by atoms with van der Waals surface area (Å²) < 4.78 is 0. The highest BCUT2D eigenvalue weighted by Crippen LogP contribution is 2.41. The van der Waals surface area contributed by atoms with Gasteiger partial charge in [0.15, 0.2) is 0 Å². The molecule has 1 aromatic rings. The Morgan fingerprint density at radius 1 is 1.32 bits per heavy atom. The van der Waals surface area contributed by atoms with E-state index in [-0.39, 0.29) is 5.41 Å². The van der Waals surface area contributed by atoms with Gasteiger partial charge in [0.2, 0.25) is 0 Å². The number of aliphatic carboxylic acids is 1. The van der Waals surface area contributed by atoms with Gasteiger partial charge in [0.25, 0.3) is 0 Å². The molecule has 1 fully saturated rings. The Hall–Kier alpha value is -0.870. The SMILES string of the molecule is CC1(C)CSCC(Nc2ccc(Cl)cc2)(C(=O)O)C1. The van der Waals surface area contributed by atoms with Crippen molar-refractivity contribution >= 4 is 35.0 Å². The van der Waals surface area contributed by atoms with Crippen LogP contribution in [0.4, 0.5) is 5.69 Å². The van der Waals surface area contributed by atoms with Gasteiger partial charge in [0.1, 0.15) is 5.54 Å². The van der Waals surface area contributed by atoms with Crippen molar-refractivity contribution in [3.63, 3.8) is 0 Å². The predicted molar refractivity (Wildman–Crippen MR) is 81.2 cm³/mol. The lowest BCUT2D eigenvalue weighted by atomic mass is 9.79. The Labute approximate surface area is 122 Å². The number of hydrogen-bond donors (Lipinski definition) is 2. The van der Waals surface area contributed by atoms with Crippen molar-refractivity contribution in [3.05, 3.63) is 29.3 Å². The molecule has 104 valence electrons. The predicted octanol–water partition coefficient (Wildman–Crippen LogP) is 3.74. The second-order valence-corrected chi connectivity index (χ2v) is 7.27. The Morgan fingerprint density at radius 2 is 1.95 bits per heavy atom. The van der Waals surface area contributed by atoms with Crippen LogP contribution in [0.25, 0.3) is 0 Å². The molecular formula is C14H18ClNO2S. The van der Waals surface area contributed by atoms with Crippen LogP contribution in [-0.4, -0.2) is 28.1 Å². The molecule has 0 saturated carbocycles. The van der Waals surface area contributed by atoms with E-state index in [0.717, 1.165) is 11.4 Å². The highest BCUT2D eigenvalue weighted by atomic mass is 35.5. The van der Waals surface area contributed by atoms with Crippen LogP contribution in [0, 0.1) is 5.41 Å². The highest BCUT2D eigenvalue weighted by molar-refractivity contribution is 7.99. The molecule has 1 saturated heterocycles. The van der Waals surface area contributed by atoms with E-state index in [4.69, 9.17) is 11.6 Å². The number of carbonyl (C=O) groups is 1. The van der Waals surface area contributed by atoms with Crippen LogP contribution in [-0.2, 0) is 4.79 Å². The van der Waals surface area contributed by atoms with Crippen LogP contribution in [0.3, 0.4) is 0 Å². The third kappa shape index (κ3) is 3.37. The highest BCUT2D eigenvalue weighted by Gasteiger charge is 2.46. The molecule has 1 unspecified atom stereocenters. The summed E-state index contributed by atoms with van der Waals surface area (Å²) in [5.74, 6) is 0.779. The second-order valence-electron chi connectivity index (χ2n) is 5.85. The average Bonchev–Trinajstić information content (AvgIpc) is 2.31. The lowest BCUT2D eigenvalue weighted by Crippen LogP contribution is -2.54. The van der Waals surface area contributed by atoms with Crippen molar-refractivity contribution in [1.82, 2.24) is 0 Å². The van der Waals surface area contributed by atoms with E-state index < -0.39 is 11.5 Å². The van der Waals surface area contributed by atoms with Crippen molar-refractivity contribution in [2.45, 2.75) is 25.8 Å². The van der Waals surface area contributed by atoms with Gasteiger partial charge in [-0.05, 0) is 41.9 Å². The summed E-state index contributed by atoms with van der Waals surface area (Å²) >= 11 is 7.54.